The zero-order chi connectivity index (χ0) is 15.4. The number of nitrogens with one attached hydrogen (secondary N) is 1. The van der Waals surface area contributed by atoms with Gasteiger partial charge in [0.25, 0.3) is 0 Å². The molecular weight excluding hydrogens is 284 g/mol. The summed E-state index contributed by atoms with van der Waals surface area (Å²) >= 11 is 0. The van der Waals surface area contributed by atoms with Gasteiger partial charge in [-0.15, -0.1) is 0 Å². The summed E-state index contributed by atoms with van der Waals surface area (Å²) in [6.07, 6.45) is 1.17. The highest BCUT2D eigenvalue weighted by molar-refractivity contribution is 5.91. The van der Waals surface area contributed by atoms with Gasteiger partial charge >= 0.3 is 5.97 Å². The first-order valence-corrected chi connectivity index (χ1v) is 5.97. The lowest BCUT2D eigenvalue weighted by Crippen LogP contribution is -2.18. The van der Waals surface area contributed by atoms with Crippen LogP contribution in [0.3, 0.4) is 0 Å². The second kappa shape index (κ2) is 6.12. The number of carbonyl (C=O) groups is 2. The molecule has 0 unspecified atom stereocenters. The van der Waals surface area contributed by atoms with E-state index in [9.17, 15) is 18.4 Å². The van der Waals surface area contributed by atoms with E-state index in [1.807, 2.05) is 0 Å². The molecule has 2 rings (SSSR count). The van der Waals surface area contributed by atoms with Gasteiger partial charge in [0.15, 0.2) is 0 Å². The van der Waals surface area contributed by atoms with Crippen LogP contribution < -0.4 is 5.32 Å². The zero-order valence-corrected chi connectivity index (χ0v) is 10.7. The molecular formula is C13H11F2N3O3. The van der Waals surface area contributed by atoms with Gasteiger partial charge in [-0.05, 0) is 18.2 Å². The fraction of sp³-hybridized carbons (Fsp3) is 0.154. The highest BCUT2D eigenvalue weighted by Crippen LogP contribution is 2.15. The first-order chi connectivity index (χ1) is 9.97. The molecule has 1 amide bonds. The number of hydrogen-bond donors (Lipinski definition) is 2. The number of carboxylic acid groups (broad SMARTS) is 1. The molecule has 1 aromatic carbocycles. The molecule has 0 aliphatic heterocycles. The minimum Gasteiger partial charge on any atom is -0.477 e. The number of carboxylic acids is 1. The molecule has 0 radical (unpaired) electrons. The predicted octanol–water partition coefficient (Wildman–Crippen LogP) is 1.89. The monoisotopic (exact) mass is 295 g/mol. The third-order valence-corrected chi connectivity index (χ3v) is 2.69. The smallest absolute Gasteiger partial charge is 0.354 e. The molecule has 0 bridgehead atoms. The summed E-state index contributed by atoms with van der Waals surface area (Å²) in [4.78, 5) is 22.5. The molecule has 0 spiro atoms. The molecule has 0 aliphatic rings. The Morgan fingerprint density at radius 1 is 1.29 bits per heavy atom. The Labute approximate surface area is 118 Å². The van der Waals surface area contributed by atoms with Crippen molar-refractivity contribution in [2.24, 2.45) is 0 Å². The summed E-state index contributed by atoms with van der Waals surface area (Å²) in [5.74, 6) is -3.17. The predicted molar refractivity (Wildman–Crippen MR) is 68.8 cm³/mol. The van der Waals surface area contributed by atoms with Crippen LogP contribution in [0.25, 0.3) is 0 Å². The van der Waals surface area contributed by atoms with Crippen LogP contribution in [0.2, 0.25) is 0 Å². The van der Waals surface area contributed by atoms with Gasteiger partial charge in [0.2, 0.25) is 5.91 Å². The molecule has 21 heavy (non-hydrogen) atoms. The van der Waals surface area contributed by atoms with Crippen molar-refractivity contribution in [3.63, 3.8) is 0 Å². The average Bonchev–Trinajstić information content (AvgIpc) is 2.89. The molecule has 1 heterocycles. The summed E-state index contributed by atoms with van der Waals surface area (Å²) in [6, 6.07) is 4.01. The number of rotatable bonds is 5. The van der Waals surface area contributed by atoms with Gasteiger partial charge in [-0.1, -0.05) is 0 Å². The second-order valence-corrected chi connectivity index (χ2v) is 4.17. The van der Waals surface area contributed by atoms with Gasteiger partial charge in [-0.25, -0.2) is 13.6 Å². The highest BCUT2D eigenvalue weighted by Gasteiger charge is 2.12. The molecule has 110 valence electrons. The maximum Gasteiger partial charge on any atom is 0.354 e. The SMILES string of the molecule is O=C(CCn1nccc1C(=O)O)Nc1cc(F)ccc1F. The van der Waals surface area contributed by atoms with Crippen molar-refractivity contribution >= 4 is 17.6 Å². The van der Waals surface area contributed by atoms with Crippen LogP contribution >= 0.6 is 0 Å². The van der Waals surface area contributed by atoms with Crippen molar-refractivity contribution in [1.29, 1.82) is 0 Å². The summed E-state index contributed by atoms with van der Waals surface area (Å²) < 4.78 is 27.4. The number of amides is 1. The molecule has 2 N–H and O–H groups in total. The first-order valence-electron chi connectivity index (χ1n) is 5.97. The lowest BCUT2D eigenvalue weighted by molar-refractivity contribution is -0.116. The van der Waals surface area contributed by atoms with Gasteiger partial charge in [-0.3, -0.25) is 9.48 Å². The maximum atomic E-state index is 13.3. The normalized spacial score (nSPS) is 10.4. The molecule has 6 nitrogen and oxygen atoms in total. The largest absolute Gasteiger partial charge is 0.477 e. The number of hydrogen-bond acceptors (Lipinski definition) is 3. The molecule has 2 aromatic rings. The summed E-state index contributed by atoms with van der Waals surface area (Å²) in [5, 5.41) is 14.9. The molecule has 1 aromatic heterocycles. The number of halogens is 2. The number of anilines is 1. The number of aryl methyl sites for hydroxylation is 1. The Kier molecular flexibility index (Phi) is 4.27. The fourth-order valence-electron chi connectivity index (χ4n) is 1.71. The van der Waals surface area contributed by atoms with Crippen LogP contribution in [0.1, 0.15) is 16.9 Å². The lowest BCUT2D eigenvalue weighted by atomic mass is 10.3. The van der Waals surface area contributed by atoms with Gasteiger partial charge in [0, 0.05) is 18.7 Å². The van der Waals surface area contributed by atoms with E-state index in [0.717, 1.165) is 22.9 Å². The highest BCUT2D eigenvalue weighted by atomic mass is 19.1. The van der Waals surface area contributed by atoms with Crippen molar-refractivity contribution in [3.8, 4) is 0 Å². The van der Waals surface area contributed by atoms with Crippen molar-refractivity contribution in [2.75, 3.05) is 5.32 Å². The van der Waals surface area contributed by atoms with Crippen LogP contribution in [0.15, 0.2) is 30.5 Å². The zero-order valence-electron chi connectivity index (χ0n) is 10.7. The average molecular weight is 295 g/mol. The fourth-order valence-corrected chi connectivity index (χ4v) is 1.71. The van der Waals surface area contributed by atoms with Gasteiger partial charge in [-0.2, -0.15) is 5.10 Å². The van der Waals surface area contributed by atoms with E-state index in [4.69, 9.17) is 5.11 Å². The van der Waals surface area contributed by atoms with E-state index >= 15 is 0 Å². The van der Waals surface area contributed by atoms with Gasteiger partial charge < -0.3 is 10.4 Å². The standard InChI is InChI=1S/C13H11F2N3O3/c14-8-1-2-9(15)10(7-8)17-12(19)4-6-18-11(13(20)21)3-5-16-18/h1-3,5,7H,4,6H2,(H,17,19)(H,20,21). The third kappa shape index (κ3) is 3.62. The second-order valence-electron chi connectivity index (χ2n) is 4.17. The molecule has 0 saturated heterocycles. The van der Waals surface area contributed by atoms with Crippen molar-refractivity contribution in [1.82, 2.24) is 9.78 Å². The van der Waals surface area contributed by atoms with E-state index in [1.165, 1.54) is 12.3 Å². The number of benzene rings is 1. The topological polar surface area (TPSA) is 84.2 Å². The van der Waals surface area contributed by atoms with E-state index in [0.29, 0.717) is 0 Å². The Morgan fingerprint density at radius 3 is 2.76 bits per heavy atom. The van der Waals surface area contributed by atoms with Gasteiger partial charge in [0.1, 0.15) is 17.3 Å². The summed E-state index contributed by atoms with van der Waals surface area (Å²) in [5.41, 5.74) is -0.321. The molecule has 0 atom stereocenters. The van der Waals surface area contributed by atoms with E-state index in [-0.39, 0.29) is 24.3 Å². The summed E-state index contributed by atoms with van der Waals surface area (Å²) in [7, 11) is 0. The van der Waals surface area contributed by atoms with E-state index < -0.39 is 23.5 Å². The van der Waals surface area contributed by atoms with Crippen LogP contribution in [-0.4, -0.2) is 26.8 Å². The van der Waals surface area contributed by atoms with Crippen LogP contribution in [0.5, 0.6) is 0 Å². The summed E-state index contributed by atoms with van der Waals surface area (Å²) in [6.45, 7) is 0.0113. The first kappa shape index (κ1) is 14.6. The number of nitrogens with zero attached hydrogens (tertiary/aromatic N) is 2. The minimum atomic E-state index is -1.16. The molecule has 0 aliphatic carbocycles. The Hall–Kier alpha value is -2.77. The van der Waals surface area contributed by atoms with Crippen LogP contribution in [-0.2, 0) is 11.3 Å². The Bertz CT molecular complexity index is 685. The number of aromatic carboxylic acids is 1. The minimum absolute atomic E-state index is 0.0113. The van der Waals surface area contributed by atoms with Crippen molar-refractivity contribution in [2.45, 2.75) is 13.0 Å². The molecule has 0 saturated carbocycles. The Morgan fingerprint density at radius 2 is 2.05 bits per heavy atom. The molecule has 0 fully saturated rings. The number of carbonyl (C=O) groups excluding carboxylic acids is 1. The van der Waals surface area contributed by atoms with Crippen LogP contribution in [0.4, 0.5) is 14.5 Å². The third-order valence-electron chi connectivity index (χ3n) is 2.69. The lowest BCUT2D eigenvalue weighted by Gasteiger charge is -2.07. The quantitative estimate of drug-likeness (QED) is 0.882. The maximum absolute atomic E-state index is 13.3. The van der Waals surface area contributed by atoms with E-state index in [1.54, 1.807) is 0 Å². The van der Waals surface area contributed by atoms with Crippen LogP contribution in [0, 0.1) is 11.6 Å². The van der Waals surface area contributed by atoms with Crippen molar-refractivity contribution in [3.05, 3.63) is 47.8 Å². The van der Waals surface area contributed by atoms with Crippen molar-refractivity contribution < 1.29 is 23.5 Å². The molecule has 8 heteroatoms. The van der Waals surface area contributed by atoms with Gasteiger partial charge in [0.05, 0.1) is 12.2 Å². The van der Waals surface area contributed by atoms with E-state index in [2.05, 4.69) is 10.4 Å². The number of aromatic nitrogens is 2. The Balaban J connectivity index is 1.98.